The minimum absolute atomic E-state index is 0.877. The molecule has 0 fully saturated rings. The molecule has 0 aromatic heterocycles. The van der Waals surface area contributed by atoms with Crippen LogP contribution in [0.3, 0.4) is 0 Å². The Bertz CT molecular complexity index is 183. The Morgan fingerprint density at radius 2 is 1.11 bits per heavy atom. The van der Waals surface area contributed by atoms with Gasteiger partial charge in [0.05, 0.1) is 0 Å². The minimum Gasteiger partial charge on any atom is -0.220 e. The molecule has 0 saturated carbocycles. The van der Waals surface area contributed by atoms with E-state index >= 15 is 0 Å². The molecule has 1 aliphatic rings. The number of hydrogen-bond acceptors (Lipinski definition) is 0. The summed E-state index contributed by atoms with van der Waals surface area (Å²) in [5.41, 5.74) is -2.74. The summed E-state index contributed by atoms with van der Waals surface area (Å²) in [7, 11) is -0.877. The van der Waals surface area contributed by atoms with E-state index in [9.17, 15) is 17.6 Å². The Kier molecular flexibility index (Phi) is 1.34. The predicted molar refractivity (Wildman–Crippen MR) is 25.6 cm³/mol. The molecule has 0 aromatic carbocycles. The molecule has 0 aliphatic carbocycles. The summed E-state index contributed by atoms with van der Waals surface area (Å²) >= 11 is 0. The highest BCUT2D eigenvalue weighted by atomic mass is 19.2. The fourth-order valence-electron chi connectivity index (χ4n) is 0.530. The van der Waals surface area contributed by atoms with Crippen LogP contribution in [0.25, 0.3) is 0 Å². The van der Waals surface area contributed by atoms with Gasteiger partial charge < -0.3 is 0 Å². The van der Waals surface area contributed by atoms with Crippen molar-refractivity contribution < 1.29 is 17.6 Å². The Hall–Kier alpha value is -0.735. The maximum absolute atomic E-state index is 11.8. The molecule has 1 aliphatic heterocycles. The lowest BCUT2D eigenvalue weighted by atomic mass is 9.79. The van der Waals surface area contributed by atoms with Gasteiger partial charge in [0.25, 0.3) is 7.28 Å². The van der Waals surface area contributed by atoms with Crippen molar-refractivity contribution in [1.82, 2.24) is 0 Å². The fraction of sp³-hybridized carbons (Fsp3) is 0. The highest BCUT2D eigenvalue weighted by Gasteiger charge is 2.26. The third-order valence-electron chi connectivity index (χ3n) is 0.979. The maximum Gasteiger partial charge on any atom is 0.274 e. The molecular formula is C4HBF4. The summed E-state index contributed by atoms with van der Waals surface area (Å²) in [5.74, 6) is -3.40. The van der Waals surface area contributed by atoms with Crippen molar-refractivity contribution >= 4 is 7.28 Å². The van der Waals surface area contributed by atoms with Gasteiger partial charge in [-0.25, -0.2) is 17.6 Å². The summed E-state index contributed by atoms with van der Waals surface area (Å²) in [6, 6.07) is 0. The largest absolute Gasteiger partial charge is 0.274 e. The van der Waals surface area contributed by atoms with E-state index < -0.39 is 30.4 Å². The first-order valence-corrected chi connectivity index (χ1v) is 2.21. The molecule has 0 amide bonds. The fourth-order valence-corrected chi connectivity index (χ4v) is 0.530. The monoisotopic (exact) mass is 136 g/mol. The average Bonchev–Trinajstić information content (AvgIpc) is 1.98. The van der Waals surface area contributed by atoms with E-state index in [-0.39, 0.29) is 0 Å². The summed E-state index contributed by atoms with van der Waals surface area (Å²) in [6.45, 7) is 0. The van der Waals surface area contributed by atoms with E-state index in [1.54, 1.807) is 0 Å². The molecule has 0 radical (unpaired) electrons. The summed E-state index contributed by atoms with van der Waals surface area (Å²) in [4.78, 5) is 0. The molecule has 0 bridgehead atoms. The molecule has 0 atom stereocenters. The predicted octanol–water partition coefficient (Wildman–Crippen LogP) is 1.65. The van der Waals surface area contributed by atoms with Gasteiger partial charge in [0, 0.05) is 0 Å². The van der Waals surface area contributed by atoms with Gasteiger partial charge in [-0.3, -0.25) is 0 Å². The van der Waals surface area contributed by atoms with E-state index in [4.69, 9.17) is 0 Å². The molecule has 0 N–H and O–H groups in total. The second kappa shape index (κ2) is 1.90. The number of rotatable bonds is 0. The van der Waals surface area contributed by atoms with Gasteiger partial charge >= 0.3 is 0 Å². The second-order valence-corrected chi connectivity index (χ2v) is 1.61. The zero-order chi connectivity index (χ0) is 7.02. The van der Waals surface area contributed by atoms with Gasteiger partial charge in [0.1, 0.15) is 11.5 Å². The molecule has 0 spiro atoms. The number of hydrogen-bond donors (Lipinski definition) is 0. The van der Waals surface area contributed by atoms with E-state index in [2.05, 4.69) is 0 Å². The average molecular weight is 136 g/mol. The zero-order valence-corrected chi connectivity index (χ0v) is 4.22. The Morgan fingerprint density at radius 3 is 1.22 bits per heavy atom. The number of allylic oxidation sites excluding steroid dienone is 2. The molecule has 0 saturated heterocycles. The summed E-state index contributed by atoms with van der Waals surface area (Å²) in [5, 5.41) is 0. The van der Waals surface area contributed by atoms with Crippen molar-refractivity contribution in [3.05, 3.63) is 23.1 Å². The van der Waals surface area contributed by atoms with Crippen molar-refractivity contribution in [1.29, 1.82) is 0 Å². The highest BCUT2D eigenvalue weighted by Crippen LogP contribution is 2.29. The van der Waals surface area contributed by atoms with E-state index in [0.29, 0.717) is 0 Å². The van der Waals surface area contributed by atoms with Crippen LogP contribution in [0, 0.1) is 0 Å². The maximum atomic E-state index is 11.8. The Balaban J connectivity index is 2.97. The SMILES string of the molecule is FC1=C(F)C(F)=C(F)B1. The van der Waals surface area contributed by atoms with Crippen LogP contribution in [0.1, 0.15) is 0 Å². The van der Waals surface area contributed by atoms with Crippen molar-refractivity contribution in [3.8, 4) is 0 Å². The van der Waals surface area contributed by atoms with Gasteiger partial charge in [0.15, 0.2) is 11.7 Å². The number of halogens is 4. The Labute approximate surface area is 49.1 Å². The van der Waals surface area contributed by atoms with E-state index in [0.717, 1.165) is 0 Å². The van der Waals surface area contributed by atoms with Crippen molar-refractivity contribution in [2.75, 3.05) is 0 Å². The van der Waals surface area contributed by atoms with Crippen LogP contribution in [-0.4, -0.2) is 7.28 Å². The van der Waals surface area contributed by atoms with Crippen molar-refractivity contribution in [3.63, 3.8) is 0 Å². The van der Waals surface area contributed by atoms with Gasteiger partial charge in [-0.2, -0.15) is 0 Å². The first kappa shape index (κ1) is 6.39. The molecule has 0 unspecified atom stereocenters. The lowest BCUT2D eigenvalue weighted by Crippen LogP contribution is -1.85. The molecule has 1 rings (SSSR count). The van der Waals surface area contributed by atoms with Crippen molar-refractivity contribution in [2.24, 2.45) is 0 Å². The molecule has 9 heavy (non-hydrogen) atoms. The van der Waals surface area contributed by atoms with Gasteiger partial charge in [-0.1, -0.05) is 0 Å². The first-order chi connectivity index (χ1) is 4.13. The standard InChI is InChI=1S/C4HBF4/c6-1-2(7)4(9)5-3(1)8/h5H. The van der Waals surface area contributed by atoms with Crippen LogP contribution in [0.4, 0.5) is 17.6 Å². The van der Waals surface area contributed by atoms with Crippen LogP contribution in [0.15, 0.2) is 23.1 Å². The molecule has 48 valence electrons. The van der Waals surface area contributed by atoms with Gasteiger partial charge in [-0.15, -0.1) is 0 Å². The minimum atomic E-state index is -1.70. The van der Waals surface area contributed by atoms with Crippen LogP contribution >= 0.6 is 0 Å². The molecule has 0 nitrogen and oxygen atoms in total. The highest BCUT2D eigenvalue weighted by molar-refractivity contribution is 6.54. The van der Waals surface area contributed by atoms with Gasteiger partial charge in [-0.05, 0) is 0 Å². The van der Waals surface area contributed by atoms with E-state index in [1.807, 2.05) is 0 Å². The van der Waals surface area contributed by atoms with Crippen LogP contribution in [0.2, 0.25) is 0 Å². The van der Waals surface area contributed by atoms with E-state index in [1.165, 1.54) is 0 Å². The molecule has 0 aromatic rings. The smallest absolute Gasteiger partial charge is 0.220 e. The van der Waals surface area contributed by atoms with Crippen molar-refractivity contribution in [2.45, 2.75) is 0 Å². The van der Waals surface area contributed by atoms with Crippen LogP contribution in [-0.2, 0) is 0 Å². The summed E-state index contributed by atoms with van der Waals surface area (Å²) in [6.07, 6.45) is 0. The third-order valence-corrected chi connectivity index (χ3v) is 0.979. The molecule has 1 heterocycles. The lowest BCUT2D eigenvalue weighted by molar-refractivity contribution is 0.501. The van der Waals surface area contributed by atoms with Gasteiger partial charge in [0.2, 0.25) is 0 Å². The molecule has 5 heteroatoms. The normalized spacial score (nSPS) is 19.1. The van der Waals surface area contributed by atoms with Crippen LogP contribution in [0.5, 0.6) is 0 Å². The zero-order valence-electron chi connectivity index (χ0n) is 4.22. The lowest BCUT2D eigenvalue weighted by Gasteiger charge is -1.82. The summed E-state index contributed by atoms with van der Waals surface area (Å²) < 4.78 is 47.2. The topological polar surface area (TPSA) is 0 Å². The first-order valence-electron chi connectivity index (χ1n) is 2.21. The third kappa shape index (κ3) is 0.864. The second-order valence-electron chi connectivity index (χ2n) is 1.61. The molecular weight excluding hydrogens is 135 g/mol. The van der Waals surface area contributed by atoms with Crippen LogP contribution < -0.4 is 0 Å². The Morgan fingerprint density at radius 1 is 0.778 bits per heavy atom. The quantitative estimate of drug-likeness (QED) is 0.350.